The highest BCUT2D eigenvalue weighted by atomic mass is 127. The number of benzene rings is 1. The molecule has 0 amide bonds. The third-order valence-electron chi connectivity index (χ3n) is 5.08. The van der Waals surface area contributed by atoms with Crippen LogP contribution >= 0.6 is 24.0 Å². The van der Waals surface area contributed by atoms with Gasteiger partial charge in [0.15, 0.2) is 5.96 Å². The Morgan fingerprint density at radius 1 is 1.20 bits per heavy atom. The van der Waals surface area contributed by atoms with Crippen LogP contribution in [0.25, 0.3) is 0 Å². The fourth-order valence-electron chi connectivity index (χ4n) is 2.88. The van der Waals surface area contributed by atoms with Crippen LogP contribution in [0.1, 0.15) is 52.0 Å². The number of rotatable bonds is 8. The summed E-state index contributed by atoms with van der Waals surface area (Å²) in [7, 11) is 0. The molecule has 1 saturated carbocycles. The van der Waals surface area contributed by atoms with Crippen LogP contribution in [0.2, 0.25) is 0 Å². The van der Waals surface area contributed by atoms with Crippen molar-refractivity contribution in [3.8, 4) is 0 Å². The van der Waals surface area contributed by atoms with Gasteiger partial charge in [-0.15, -0.1) is 24.0 Å². The van der Waals surface area contributed by atoms with Gasteiger partial charge in [0.05, 0.1) is 12.1 Å². The van der Waals surface area contributed by atoms with Crippen molar-refractivity contribution in [2.45, 2.75) is 57.5 Å². The standard InChI is InChI=1S/C19H30FN3O.HI/c1-4-19(24,5-2)14-23-17(21-6-3)22-13-18(11-12-18)15-9-7-8-10-16(15)20;/h7-10,24H,4-6,11-14H2,1-3H3,(H2,21,22,23);1H. The third kappa shape index (κ3) is 5.81. The monoisotopic (exact) mass is 463 g/mol. The maximum absolute atomic E-state index is 14.1. The second-order valence-corrected chi connectivity index (χ2v) is 6.74. The molecule has 0 heterocycles. The Hall–Kier alpha value is -0.890. The molecule has 0 bridgehead atoms. The zero-order chi connectivity index (χ0) is 17.6. The van der Waals surface area contributed by atoms with Gasteiger partial charge in [-0.1, -0.05) is 32.0 Å². The number of nitrogens with one attached hydrogen (secondary N) is 2. The molecule has 0 spiro atoms. The van der Waals surface area contributed by atoms with Gasteiger partial charge in [-0.25, -0.2) is 4.39 Å². The van der Waals surface area contributed by atoms with Crippen molar-refractivity contribution in [1.82, 2.24) is 10.6 Å². The minimum absolute atomic E-state index is 0. The number of hydrogen-bond acceptors (Lipinski definition) is 2. The van der Waals surface area contributed by atoms with Gasteiger partial charge in [0, 0.05) is 18.5 Å². The van der Waals surface area contributed by atoms with Gasteiger partial charge in [0.1, 0.15) is 5.82 Å². The number of guanidine groups is 1. The summed E-state index contributed by atoms with van der Waals surface area (Å²) in [6.07, 6.45) is 3.31. The molecule has 2 rings (SSSR count). The van der Waals surface area contributed by atoms with Gasteiger partial charge >= 0.3 is 0 Å². The van der Waals surface area contributed by atoms with Crippen LogP contribution in [0, 0.1) is 5.82 Å². The van der Waals surface area contributed by atoms with Crippen molar-refractivity contribution in [3.05, 3.63) is 35.6 Å². The predicted octanol–water partition coefficient (Wildman–Crippen LogP) is 3.58. The topological polar surface area (TPSA) is 56.7 Å². The molecule has 3 N–H and O–H groups in total. The van der Waals surface area contributed by atoms with Crippen LogP contribution < -0.4 is 10.6 Å². The number of halogens is 2. The molecular weight excluding hydrogens is 432 g/mol. The van der Waals surface area contributed by atoms with E-state index in [1.165, 1.54) is 6.07 Å². The van der Waals surface area contributed by atoms with Crippen molar-refractivity contribution in [2.24, 2.45) is 4.99 Å². The minimum Gasteiger partial charge on any atom is -0.388 e. The summed E-state index contributed by atoms with van der Waals surface area (Å²) in [6.45, 7) is 7.70. The summed E-state index contributed by atoms with van der Waals surface area (Å²) < 4.78 is 14.1. The second kappa shape index (κ2) is 9.71. The predicted molar refractivity (Wildman–Crippen MR) is 112 cm³/mol. The highest BCUT2D eigenvalue weighted by Crippen LogP contribution is 2.48. The molecule has 1 aliphatic rings. The van der Waals surface area contributed by atoms with Crippen LogP contribution in [0.15, 0.2) is 29.3 Å². The van der Waals surface area contributed by atoms with Crippen LogP contribution in [0.3, 0.4) is 0 Å². The Morgan fingerprint density at radius 2 is 1.84 bits per heavy atom. The Morgan fingerprint density at radius 3 is 2.36 bits per heavy atom. The number of nitrogens with zero attached hydrogens (tertiary/aromatic N) is 1. The van der Waals surface area contributed by atoms with Gasteiger partial charge in [-0.2, -0.15) is 0 Å². The maximum Gasteiger partial charge on any atom is 0.191 e. The smallest absolute Gasteiger partial charge is 0.191 e. The zero-order valence-corrected chi connectivity index (χ0v) is 17.8. The zero-order valence-electron chi connectivity index (χ0n) is 15.4. The molecule has 142 valence electrons. The lowest BCUT2D eigenvalue weighted by atomic mass is 9.95. The summed E-state index contributed by atoms with van der Waals surface area (Å²) in [4.78, 5) is 4.52. The average molecular weight is 463 g/mol. The lowest BCUT2D eigenvalue weighted by Gasteiger charge is -2.24. The molecular formula is C19H31FIN3O. The van der Waals surface area contributed by atoms with Gasteiger partial charge in [0.25, 0.3) is 0 Å². The van der Waals surface area contributed by atoms with E-state index < -0.39 is 5.60 Å². The molecule has 0 radical (unpaired) electrons. The van der Waals surface area contributed by atoms with Gasteiger partial charge < -0.3 is 15.7 Å². The molecule has 0 unspecified atom stereocenters. The lowest BCUT2D eigenvalue weighted by molar-refractivity contribution is 0.0418. The molecule has 0 atom stereocenters. The normalized spacial score (nSPS) is 16.1. The van der Waals surface area contributed by atoms with E-state index in [4.69, 9.17) is 0 Å². The first-order chi connectivity index (χ1) is 11.5. The van der Waals surface area contributed by atoms with E-state index in [0.29, 0.717) is 31.9 Å². The first kappa shape index (κ1) is 22.2. The van der Waals surface area contributed by atoms with E-state index in [9.17, 15) is 9.50 Å². The summed E-state index contributed by atoms with van der Waals surface area (Å²) in [5, 5.41) is 16.9. The summed E-state index contributed by atoms with van der Waals surface area (Å²) in [5.41, 5.74) is -0.106. The van der Waals surface area contributed by atoms with Crippen molar-refractivity contribution in [3.63, 3.8) is 0 Å². The van der Waals surface area contributed by atoms with Crippen LogP contribution in [-0.2, 0) is 5.41 Å². The third-order valence-corrected chi connectivity index (χ3v) is 5.08. The molecule has 0 aromatic heterocycles. The molecule has 6 heteroatoms. The molecule has 0 aliphatic heterocycles. The first-order valence-electron chi connectivity index (χ1n) is 8.98. The minimum atomic E-state index is -0.759. The largest absolute Gasteiger partial charge is 0.388 e. The lowest BCUT2D eigenvalue weighted by Crippen LogP contribution is -2.43. The van der Waals surface area contributed by atoms with E-state index in [2.05, 4.69) is 15.6 Å². The number of aliphatic hydroxyl groups is 1. The first-order valence-corrected chi connectivity index (χ1v) is 8.98. The molecule has 1 fully saturated rings. The van der Waals surface area contributed by atoms with Crippen LogP contribution in [0.4, 0.5) is 4.39 Å². The van der Waals surface area contributed by atoms with E-state index >= 15 is 0 Å². The Labute approximate surface area is 167 Å². The molecule has 0 saturated heterocycles. The Balaban J connectivity index is 0.00000312. The van der Waals surface area contributed by atoms with E-state index in [1.54, 1.807) is 6.07 Å². The van der Waals surface area contributed by atoms with Crippen molar-refractivity contribution < 1.29 is 9.50 Å². The molecule has 1 aromatic carbocycles. The molecule has 25 heavy (non-hydrogen) atoms. The van der Waals surface area contributed by atoms with Crippen LogP contribution in [0.5, 0.6) is 0 Å². The Kier molecular flexibility index (Phi) is 8.60. The SMILES string of the molecule is CCNC(=NCC(O)(CC)CC)NCC1(c2ccccc2F)CC1.I. The van der Waals surface area contributed by atoms with Crippen LogP contribution in [-0.4, -0.2) is 36.3 Å². The van der Waals surface area contributed by atoms with Gasteiger partial charge in [-0.05, 0) is 44.2 Å². The van der Waals surface area contributed by atoms with Crippen molar-refractivity contribution in [2.75, 3.05) is 19.6 Å². The highest BCUT2D eigenvalue weighted by molar-refractivity contribution is 14.0. The summed E-state index contributed by atoms with van der Waals surface area (Å²) in [6, 6.07) is 7.02. The van der Waals surface area contributed by atoms with Crippen molar-refractivity contribution in [1.29, 1.82) is 0 Å². The summed E-state index contributed by atoms with van der Waals surface area (Å²) >= 11 is 0. The second-order valence-electron chi connectivity index (χ2n) is 6.74. The van der Waals surface area contributed by atoms with Crippen molar-refractivity contribution >= 4 is 29.9 Å². The molecule has 1 aromatic rings. The quantitative estimate of drug-likeness (QED) is 0.314. The fourth-order valence-corrected chi connectivity index (χ4v) is 2.88. The number of hydrogen-bond donors (Lipinski definition) is 3. The fraction of sp³-hybridized carbons (Fsp3) is 0.632. The Bertz CT molecular complexity index is 572. The van der Waals surface area contributed by atoms with Gasteiger partial charge in [-0.3, -0.25) is 4.99 Å². The van der Waals surface area contributed by atoms with E-state index in [0.717, 1.165) is 24.9 Å². The van der Waals surface area contributed by atoms with Gasteiger partial charge in [0.2, 0.25) is 0 Å². The summed E-state index contributed by atoms with van der Waals surface area (Å²) in [5.74, 6) is 0.547. The highest BCUT2D eigenvalue weighted by Gasteiger charge is 2.45. The van der Waals surface area contributed by atoms with E-state index in [1.807, 2.05) is 32.9 Å². The molecule has 1 aliphatic carbocycles. The molecule has 4 nitrogen and oxygen atoms in total. The van der Waals surface area contributed by atoms with E-state index in [-0.39, 0.29) is 35.2 Å². The number of aliphatic imine (C=N–C) groups is 1. The average Bonchev–Trinajstić information content (AvgIpc) is 3.38. The maximum atomic E-state index is 14.1.